The molecular formula is C10H19N3O. The van der Waals surface area contributed by atoms with E-state index in [0.717, 1.165) is 25.9 Å². The second-order valence-corrected chi connectivity index (χ2v) is 4.10. The standard InChI is InChI=1S/C10H19N3O/c1-9(2)12-10(8-11)4-6-13(14-3)7-5-10/h9,12H,4-7H2,1-3H3. The number of nitriles is 1. The van der Waals surface area contributed by atoms with Crippen LogP contribution in [0, 0.1) is 11.3 Å². The molecule has 1 aliphatic rings. The van der Waals surface area contributed by atoms with Gasteiger partial charge in [-0.1, -0.05) is 0 Å². The average molecular weight is 197 g/mol. The fourth-order valence-electron chi connectivity index (χ4n) is 1.89. The van der Waals surface area contributed by atoms with Crippen molar-refractivity contribution in [1.82, 2.24) is 10.4 Å². The van der Waals surface area contributed by atoms with Crippen molar-refractivity contribution in [2.75, 3.05) is 20.2 Å². The molecule has 0 aromatic carbocycles. The van der Waals surface area contributed by atoms with E-state index in [9.17, 15) is 5.26 Å². The molecular weight excluding hydrogens is 178 g/mol. The molecule has 0 aliphatic carbocycles. The first-order chi connectivity index (χ1) is 6.62. The minimum Gasteiger partial charge on any atom is -0.302 e. The number of piperidine rings is 1. The van der Waals surface area contributed by atoms with Crippen LogP contribution in [-0.4, -0.2) is 36.8 Å². The van der Waals surface area contributed by atoms with Gasteiger partial charge in [0.15, 0.2) is 0 Å². The highest BCUT2D eigenvalue weighted by Crippen LogP contribution is 2.22. The van der Waals surface area contributed by atoms with Gasteiger partial charge in [0.25, 0.3) is 0 Å². The molecule has 0 saturated carbocycles. The number of rotatable bonds is 3. The Balaban J connectivity index is 2.53. The van der Waals surface area contributed by atoms with Crippen LogP contribution in [0.4, 0.5) is 0 Å². The molecule has 0 aromatic rings. The van der Waals surface area contributed by atoms with E-state index in [1.54, 1.807) is 7.11 Å². The zero-order valence-corrected chi connectivity index (χ0v) is 9.21. The van der Waals surface area contributed by atoms with Crippen LogP contribution in [0.25, 0.3) is 0 Å². The first-order valence-corrected chi connectivity index (χ1v) is 5.10. The van der Waals surface area contributed by atoms with Crippen molar-refractivity contribution in [3.8, 4) is 6.07 Å². The van der Waals surface area contributed by atoms with Crippen molar-refractivity contribution in [1.29, 1.82) is 5.26 Å². The van der Waals surface area contributed by atoms with Crippen molar-refractivity contribution in [3.63, 3.8) is 0 Å². The third kappa shape index (κ3) is 2.68. The molecule has 1 fully saturated rings. The minimum absolute atomic E-state index is 0.344. The molecule has 1 rings (SSSR count). The predicted molar refractivity (Wildman–Crippen MR) is 54.4 cm³/mol. The summed E-state index contributed by atoms with van der Waals surface area (Å²) < 4.78 is 0. The van der Waals surface area contributed by atoms with Gasteiger partial charge in [-0.2, -0.15) is 10.3 Å². The van der Waals surface area contributed by atoms with E-state index >= 15 is 0 Å². The number of hydrogen-bond donors (Lipinski definition) is 1. The Morgan fingerprint density at radius 1 is 1.43 bits per heavy atom. The molecule has 1 heterocycles. The summed E-state index contributed by atoms with van der Waals surface area (Å²) in [7, 11) is 1.68. The summed E-state index contributed by atoms with van der Waals surface area (Å²) in [5.41, 5.74) is -0.344. The van der Waals surface area contributed by atoms with Crippen molar-refractivity contribution < 1.29 is 4.84 Å². The number of nitrogens with zero attached hydrogens (tertiary/aromatic N) is 2. The van der Waals surface area contributed by atoms with Gasteiger partial charge in [-0.3, -0.25) is 5.32 Å². The molecule has 0 spiro atoms. The fourth-order valence-corrected chi connectivity index (χ4v) is 1.89. The van der Waals surface area contributed by atoms with Gasteiger partial charge in [0.1, 0.15) is 5.54 Å². The van der Waals surface area contributed by atoms with E-state index < -0.39 is 0 Å². The molecule has 0 aromatic heterocycles. The molecule has 0 amide bonds. The molecule has 0 radical (unpaired) electrons. The molecule has 0 bridgehead atoms. The minimum atomic E-state index is -0.344. The van der Waals surface area contributed by atoms with E-state index in [-0.39, 0.29) is 5.54 Å². The summed E-state index contributed by atoms with van der Waals surface area (Å²) in [6.07, 6.45) is 1.66. The molecule has 4 heteroatoms. The maximum Gasteiger partial charge on any atom is 0.109 e. The van der Waals surface area contributed by atoms with Gasteiger partial charge in [0, 0.05) is 19.1 Å². The van der Waals surface area contributed by atoms with E-state index in [1.807, 2.05) is 5.06 Å². The lowest BCUT2D eigenvalue weighted by molar-refractivity contribution is -0.149. The second-order valence-electron chi connectivity index (χ2n) is 4.10. The summed E-state index contributed by atoms with van der Waals surface area (Å²) >= 11 is 0. The van der Waals surface area contributed by atoms with E-state index in [4.69, 9.17) is 4.84 Å². The van der Waals surface area contributed by atoms with Gasteiger partial charge in [-0.05, 0) is 26.7 Å². The second kappa shape index (κ2) is 4.74. The third-order valence-electron chi connectivity index (χ3n) is 2.61. The van der Waals surface area contributed by atoms with Gasteiger partial charge >= 0.3 is 0 Å². The number of hydrogen-bond acceptors (Lipinski definition) is 4. The maximum absolute atomic E-state index is 9.18. The van der Waals surface area contributed by atoms with Crippen molar-refractivity contribution in [2.24, 2.45) is 0 Å². The Morgan fingerprint density at radius 2 is 2.00 bits per heavy atom. The lowest BCUT2D eigenvalue weighted by Gasteiger charge is -2.37. The summed E-state index contributed by atoms with van der Waals surface area (Å²) in [6.45, 7) is 5.79. The van der Waals surface area contributed by atoms with Crippen LogP contribution >= 0.6 is 0 Å². The lowest BCUT2D eigenvalue weighted by atomic mass is 9.89. The molecule has 80 valence electrons. The molecule has 0 unspecified atom stereocenters. The van der Waals surface area contributed by atoms with Crippen LogP contribution in [0.15, 0.2) is 0 Å². The van der Waals surface area contributed by atoms with Crippen LogP contribution in [0.5, 0.6) is 0 Å². The van der Waals surface area contributed by atoms with Gasteiger partial charge in [0.2, 0.25) is 0 Å². The maximum atomic E-state index is 9.18. The van der Waals surface area contributed by atoms with Crippen LogP contribution in [-0.2, 0) is 4.84 Å². The van der Waals surface area contributed by atoms with E-state index in [2.05, 4.69) is 25.2 Å². The molecule has 1 aliphatic heterocycles. The third-order valence-corrected chi connectivity index (χ3v) is 2.61. The van der Waals surface area contributed by atoms with Crippen LogP contribution in [0.2, 0.25) is 0 Å². The summed E-state index contributed by atoms with van der Waals surface area (Å²) in [5.74, 6) is 0. The van der Waals surface area contributed by atoms with Gasteiger partial charge < -0.3 is 4.84 Å². The smallest absolute Gasteiger partial charge is 0.109 e. The number of hydroxylamine groups is 2. The predicted octanol–water partition coefficient (Wildman–Crippen LogP) is 0.904. The Bertz CT molecular complexity index is 214. The highest BCUT2D eigenvalue weighted by Gasteiger charge is 2.34. The van der Waals surface area contributed by atoms with Crippen molar-refractivity contribution in [3.05, 3.63) is 0 Å². The molecule has 14 heavy (non-hydrogen) atoms. The normalized spacial score (nSPS) is 22.2. The average Bonchev–Trinajstić information content (AvgIpc) is 2.18. The summed E-state index contributed by atoms with van der Waals surface area (Å²) in [5, 5.41) is 14.4. The zero-order chi connectivity index (χ0) is 10.6. The van der Waals surface area contributed by atoms with Gasteiger partial charge in [0.05, 0.1) is 13.2 Å². The molecule has 1 N–H and O–H groups in total. The highest BCUT2D eigenvalue weighted by atomic mass is 16.7. The molecule has 0 atom stereocenters. The summed E-state index contributed by atoms with van der Waals surface area (Å²) in [4.78, 5) is 5.13. The Labute approximate surface area is 85.8 Å². The highest BCUT2D eigenvalue weighted by molar-refractivity contribution is 5.09. The fraction of sp³-hybridized carbons (Fsp3) is 0.900. The van der Waals surface area contributed by atoms with Gasteiger partial charge in [-0.25, -0.2) is 0 Å². The van der Waals surface area contributed by atoms with E-state index in [1.165, 1.54) is 0 Å². The Kier molecular flexibility index (Phi) is 3.87. The largest absolute Gasteiger partial charge is 0.302 e. The topological polar surface area (TPSA) is 48.3 Å². The van der Waals surface area contributed by atoms with Crippen LogP contribution < -0.4 is 5.32 Å². The van der Waals surface area contributed by atoms with Crippen molar-refractivity contribution in [2.45, 2.75) is 38.3 Å². The van der Waals surface area contributed by atoms with E-state index in [0.29, 0.717) is 6.04 Å². The Hall–Kier alpha value is -0.630. The number of nitrogens with one attached hydrogen (secondary N) is 1. The zero-order valence-electron chi connectivity index (χ0n) is 9.21. The first kappa shape index (κ1) is 11.4. The summed E-state index contributed by atoms with van der Waals surface area (Å²) in [6, 6.07) is 2.75. The molecule has 1 saturated heterocycles. The molecule has 4 nitrogen and oxygen atoms in total. The SMILES string of the molecule is CON1CCC(C#N)(NC(C)C)CC1. The van der Waals surface area contributed by atoms with Crippen LogP contribution in [0.1, 0.15) is 26.7 Å². The van der Waals surface area contributed by atoms with Crippen LogP contribution in [0.3, 0.4) is 0 Å². The van der Waals surface area contributed by atoms with Crippen molar-refractivity contribution >= 4 is 0 Å². The van der Waals surface area contributed by atoms with Gasteiger partial charge in [-0.15, -0.1) is 0 Å². The monoisotopic (exact) mass is 197 g/mol. The first-order valence-electron chi connectivity index (χ1n) is 5.10. The quantitative estimate of drug-likeness (QED) is 0.730. The Morgan fingerprint density at radius 3 is 2.36 bits per heavy atom. The lowest BCUT2D eigenvalue weighted by Crippen LogP contribution is -2.54.